The molecule has 8 heteroatoms. The molecule has 1 fully saturated rings. The van der Waals surface area contributed by atoms with Gasteiger partial charge in [-0.05, 0) is 38.5 Å². The SMILES string of the molecule is CC(C)(C)OC(=O)N1CCN2c3cc(CO)c(C(=O)O)cc3OCC2C1. The molecule has 2 aliphatic heterocycles. The second kappa shape index (κ2) is 6.68. The van der Waals surface area contributed by atoms with Crippen LogP contribution in [0.2, 0.25) is 0 Å². The lowest BCUT2D eigenvalue weighted by Crippen LogP contribution is -2.59. The molecule has 2 aliphatic rings. The monoisotopic (exact) mass is 364 g/mol. The summed E-state index contributed by atoms with van der Waals surface area (Å²) in [5, 5.41) is 18.8. The van der Waals surface area contributed by atoms with Gasteiger partial charge in [-0.2, -0.15) is 0 Å². The Labute approximate surface area is 151 Å². The zero-order valence-corrected chi connectivity index (χ0v) is 15.2. The van der Waals surface area contributed by atoms with Crippen LogP contribution in [0.15, 0.2) is 12.1 Å². The van der Waals surface area contributed by atoms with Crippen LogP contribution in [0.25, 0.3) is 0 Å². The number of aromatic carboxylic acids is 1. The van der Waals surface area contributed by atoms with E-state index in [0.717, 1.165) is 5.69 Å². The summed E-state index contributed by atoms with van der Waals surface area (Å²) in [6, 6.07) is 3.07. The summed E-state index contributed by atoms with van der Waals surface area (Å²) < 4.78 is 11.2. The molecule has 26 heavy (non-hydrogen) atoms. The number of carboxylic acid groups (broad SMARTS) is 1. The molecule has 8 nitrogen and oxygen atoms in total. The average Bonchev–Trinajstić information content (AvgIpc) is 2.58. The van der Waals surface area contributed by atoms with Crippen molar-refractivity contribution in [3.63, 3.8) is 0 Å². The molecule has 0 bridgehead atoms. The molecule has 0 aromatic heterocycles. The van der Waals surface area contributed by atoms with Crippen molar-refractivity contribution in [2.75, 3.05) is 31.1 Å². The van der Waals surface area contributed by atoms with Gasteiger partial charge in [0.05, 0.1) is 23.9 Å². The van der Waals surface area contributed by atoms with Gasteiger partial charge < -0.3 is 29.5 Å². The van der Waals surface area contributed by atoms with E-state index in [9.17, 15) is 19.8 Å². The first-order chi connectivity index (χ1) is 12.2. The lowest BCUT2D eigenvalue weighted by atomic mass is 10.0. The van der Waals surface area contributed by atoms with Crippen molar-refractivity contribution >= 4 is 17.7 Å². The number of carbonyl (C=O) groups is 2. The van der Waals surface area contributed by atoms with E-state index in [2.05, 4.69) is 4.90 Å². The summed E-state index contributed by atoms with van der Waals surface area (Å²) in [7, 11) is 0. The molecule has 2 N–H and O–H groups in total. The van der Waals surface area contributed by atoms with Crippen molar-refractivity contribution < 1.29 is 29.3 Å². The Morgan fingerprint density at radius 2 is 2.04 bits per heavy atom. The first-order valence-corrected chi connectivity index (χ1v) is 8.58. The normalized spacial score (nSPS) is 19.3. The van der Waals surface area contributed by atoms with Crippen molar-refractivity contribution in [3.8, 4) is 5.75 Å². The van der Waals surface area contributed by atoms with Crippen molar-refractivity contribution in [1.29, 1.82) is 0 Å². The van der Waals surface area contributed by atoms with Gasteiger partial charge in [0.2, 0.25) is 0 Å². The minimum Gasteiger partial charge on any atom is -0.489 e. The van der Waals surface area contributed by atoms with Gasteiger partial charge in [-0.3, -0.25) is 0 Å². The quantitative estimate of drug-likeness (QED) is 0.824. The average molecular weight is 364 g/mol. The third-order valence-corrected chi connectivity index (χ3v) is 4.46. The van der Waals surface area contributed by atoms with Crippen LogP contribution in [-0.2, 0) is 11.3 Å². The molecule has 1 aromatic rings. The summed E-state index contributed by atoms with van der Waals surface area (Å²) in [5.74, 6) is -0.612. The summed E-state index contributed by atoms with van der Waals surface area (Å²) in [6.07, 6.45) is -0.347. The molecular weight excluding hydrogens is 340 g/mol. The highest BCUT2D eigenvalue weighted by atomic mass is 16.6. The maximum Gasteiger partial charge on any atom is 0.410 e. The van der Waals surface area contributed by atoms with E-state index in [1.54, 1.807) is 11.0 Å². The molecule has 0 spiro atoms. The van der Waals surface area contributed by atoms with Crippen LogP contribution in [0.3, 0.4) is 0 Å². The van der Waals surface area contributed by atoms with E-state index >= 15 is 0 Å². The number of piperazine rings is 1. The molecule has 0 radical (unpaired) electrons. The molecule has 1 atom stereocenters. The number of carbonyl (C=O) groups excluding carboxylic acids is 1. The Balaban J connectivity index is 1.80. The van der Waals surface area contributed by atoms with Crippen LogP contribution in [0, 0.1) is 0 Å². The summed E-state index contributed by atoms with van der Waals surface area (Å²) in [4.78, 5) is 27.4. The van der Waals surface area contributed by atoms with Gasteiger partial charge in [0.1, 0.15) is 18.0 Å². The minimum atomic E-state index is -1.10. The van der Waals surface area contributed by atoms with Gasteiger partial charge in [0.25, 0.3) is 0 Å². The zero-order valence-electron chi connectivity index (χ0n) is 15.2. The van der Waals surface area contributed by atoms with Crippen molar-refractivity contribution in [3.05, 3.63) is 23.3 Å². The van der Waals surface area contributed by atoms with E-state index in [1.807, 2.05) is 20.8 Å². The first kappa shape index (κ1) is 18.3. The molecule has 1 unspecified atom stereocenters. The minimum absolute atomic E-state index is 0.0390. The molecular formula is C18H24N2O6. The summed E-state index contributed by atoms with van der Waals surface area (Å²) in [5.41, 5.74) is 0.582. The van der Waals surface area contributed by atoms with Crippen LogP contribution in [0.4, 0.5) is 10.5 Å². The van der Waals surface area contributed by atoms with E-state index < -0.39 is 11.6 Å². The topological polar surface area (TPSA) is 99.5 Å². The first-order valence-electron chi connectivity index (χ1n) is 8.58. The molecule has 1 aromatic carbocycles. The van der Waals surface area contributed by atoms with Gasteiger partial charge in [-0.15, -0.1) is 0 Å². The van der Waals surface area contributed by atoms with Gasteiger partial charge in [0, 0.05) is 19.6 Å². The number of aliphatic hydroxyl groups is 1. The molecule has 0 saturated carbocycles. The number of rotatable bonds is 2. The number of anilines is 1. The van der Waals surface area contributed by atoms with Crippen LogP contribution >= 0.6 is 0 Å². The largest absolute Gasteiger partial charge is 0.489 e. The number of hydrogen-bond donors (Lipinski definition) is 2. The smallest absolute Gasteiger partial charge is 0.410 e. The number of hydrogen-bond acceptors (Lipinski definition) is 6. The standard InChI is InChI=1S/C18H24N2O6/c1-18(2,3)26-17(24)19-4-5-20-12(8-19)10-25-15-7-13(16(22)23)11(9-21)6-14(15)20/h6-7,12,21H,4-5,8-10H2,1-3H3,(H,22,23). The number of fused-ring (bicyclic) bond motifs is 3. The zero-order chi connectivity index (χ0) is 19.1. The van der Waals surface area contributed by atoms with Crippen LogP contribution in [0.1, 0.15) is 36.7 Å². The lowest BCUT2D eigenvalue weighted by Gasteiger charge is -2.45. The van der Waals surface area contributed by atoms with E-state index in [-0.39, 0.29) is 24.3 Å². The maximum absolute atomic E-state index is 12.3. The van der Waals surface area contributed by atoms with Crippen molar-refractivity contribution in [2.24, 2.45) is 0 Å². The fraction of sp³-hybridized carbons (Fsp3) is 0.556. The van der Waals surface area contributed by atoms with E-state index in [4.69, 9.17) is 9.47 Å². The molecule has 142 valence electrons. The number of carboxylic acids is 1. The predicted molar refractivity (Wildman–Crippen MR) is 93.8 cm³/mol. The predicted octanol–water partition coefficient (Wildman–Crippen LogP) is 1.70. The third kappa shape index (κ3) is 3.55. The molecule has 3 rings (SSSR count). The number of ether oxygens (including phenoxy) is 2. The van der Waals surface area contributed by atoms with E-state index in [0.29, 0.717) is 37.6 Å². The summed E-state index contributed by atoms with van der Waals surface area (Å²) in [6.45, 7) is 7.02. The molecule has 0 aliphatic carbocycles. The Morgan fingerprint density at radius 3 is 2.65 bits per heavy atom. The molecule has 2 heterocycles. The van der Waals surface area contributed by atoms with Gasteiger partial charge in [0.15, 0.2) is 0 Å². The van der Waals surface area contributed by atoms with Crippen LogP contribution in [-0.4, -0.2) is 65.1 Å². The lowest BCUT2D eigenvalue weighted by molar-refractivity contribution is 0.0194. The fourth-order valence-electron chi connectivity index (χ4n) is 3.27. The molecule has 1 saturated heterocycles. The van der Waals surface area contributed by atoms with Crippen molar-refractivity contribution in [1.82, 2.24) is 4.90 Å². The molecule has 1 amide bonds. The highest BCUT2D eigenvalue weighted by Crippen LogP contribution is 2.38. The highest BCUT2D eigenvalue weighted by molar-refractivity contribution is 5.91. The Kier molecular flexibility index (Phi) is 4.70. The Bertz CT molecular complexity index is 727. The number of aliphatic hydroxyl groups excluding tert-OH is 1. The highest BCUT2D eigenvalue weighted by Gasteiger charge is 2.36. The number of amides is 1. The van der Waals surface area contributed by atoms with Gasteiger partial charge >= 0.3 is 12.1 Å². The summed E-state index contributed by atoms with van der Waals surface area (Å²) >= 11 is 0. The van der Waals surface area contributed by atoms with Crippen LogP contribution in [0.5, 0.6) is 5.75 Å². The van der Waals surface area contributed by atoms with E-state index in [1.165, 1.54) is 6.07 Å². The Morgan fingerprint density at radius 1 is 1.31 bits per heavy atom. The second-order valence-corrected chi connectivity index (χ2v) is 7.52. The number of benzene rings is 1. The van der Waals surface area contributed by atoms with Crippen molar-refractivity contribution in [2.45, 2.75) is 39.0 Å². The number of nitrogens with zero attached hydrogens (tertiary/aromatic N) is 2. The third-order valence-electron chi connectivity index (χ3n) is 4.46. The second-order valence-electron chi connectivity index (χ2n) is 7.52. The van der Waals surface area contributed by atoms with Gasteiger partial charge in [-0.1, -0.05) is 0 Å². The van der Waals surface area contributed by atoms with Crippen LogP contribution < -0.4 is 9.64 Å². The van der Waals surface area contributed by atoms with Gasteiger partial charge in [-0.25, -0.2) is 9.59 Å². The Hall–Kier alpha value is -2.48. The maximum atomic E-state index is 12.3. The fourth-order valence-corrected chi connectivity index (χ4v) is 3.27.